The summed E-state index contributed by atoms with van der Waals surface area (Å²) < 4.78 is 0. The summed E-state index contributed by atoms with van der Waals surface area (Å²) in [6.07, 6.45) is 5.23. The summed E-state index contributed by atoms with van der Waals surface area (Å²) >= 11 is 0. The van der Waals surface area contributed by atoms with Gasteiger partial charge in [-0.3, -0.25) is 0 Å². The van der Waals surface area contributed by atoms with Crippen LogP contribution >= 0.6 is 0 Å². The van der Waals surface area contributed by atoms with Crippen LogP contribution in [-0.4, -0.2) is 16.5 Å². The Kier molecular flexibility index (Phi) is 5.55. The van der Waals surface area contributed by atoms with Gasteiger partial charge in [-0.1, -0.05) is 25.8 Å². The number of hydrogen-bond acceptors (Lipinski definition) is 4. The molecule has 0 aliphatic heterocycles. The maximum Gasteiger partial charge on any atom is 0.135 e. The van der Waals surface area contributed by atoms with Crippen molar-refractivity contribution in [2.24, 2.45) is 0 Å². The molecule has 0 radical (unpaired) electrons. The molecule has 4 heteroatoms. The second kappa shape index (κ2) is 7.62. The molecule has 0 amide bonds. The summed E-state index contributed by atoms with van der Waals surface area (Å²) in [5.41, 5.74) is 3.54. The van der Waals surface area contributed by atoms with Crippen LogP contribution in [-0.2, 0) is 0 Å². The van der Waals surface area contributed by atoms with Crippen molar-refractivity contribution in [2.75, 3.05) is 17.2 Å². The third kappa shape index (κ3) is 5.06. The van der Waals surface area contributed by atoms with Crippen LogP contribution in [0.25, 0.3) is 0 Å². The van der Waals surface area contributed by atoms with Gasteiger partial charge in [0, 0.05) is 18.3 Å². The molecule has 21 heavy (non-hydrogen) atoms. The van der Waals surface area contributed by atoms with Crippen molar-refractivity contribution in [3.05, 3.63) is 41.7 Å². The van der Waals surface area contributed by atoms with Crippen molar-refractivity contribution in [1.82, 2.24) is 9.97 Å². The molecule has 2 aromatic rings. The van der Waals surface area contributed by atoms with Crippen LogP contribution in [0, 0.1) is 13.8 Å². The minimum Gasteiger partial charge on any atom is -0.370 e. The fourth-order valence-electron chi connectivity index (χ4n) is 2.31. The number of unbranched alkanes of at least 4 members (excludes halogenated alkanes) is 2. The molecule has 4 nitrogen and oxygen atoms in total. The summed E-state index contributed by atoms with van der Waals surface area (Å²) in [5.74, 6) is 1.68. The van der Waals surface area contributed by atoms with E-state index in [9.17, 15) is 0 Å². The maximum absolute atomic E-state index is 4.28. The number of benzene rings is 1. The van der Waals surface area contributed by atoms with Crippen LogP contribution in [0.2, 0.25) is 0 Å². The van der Waals surface area contributed by atoms with Gasteiger partial charge in [-0.05, 0) is 43.5 Å². The Morgan fingerprint density at radius 1 is 0.905 bits per heavy atom. The molecule has 2 rings (SSSR count). The zero-order valence-corrected chi connectivity index (χ0v) is 13.1. The molecule has 0 aliphatic rings. The highest BCUT2D eigenvalue weighted by molar-refractivity contribution is 5.60. The third-order valence-electron chi connectivity index (χ3n) is 3.25. The van der Waals surface area contributed by atoms with Crippen LogP contribution in [0.1, 0.15) is 37.3 Å². The molecule has 1 aromatic carbocycles. The molecule has 112 valence electrons. The van der Waals surface area contributed by atoms with Gasteiger partial charge in [0.2, 0.25) is 0 Å². The molecule has 0 saturated heterocycles. The highest BCUT2D eigenvalue weighted by Gasteiger charge is 2.01. The Balaban J connectivity index is 2.00. The van der Waals surface area contributed by atoms with Gasteiger partial charge in [-0.2, -0.15) is 0 Å². The zero-order valence-electron chi connectivity index (χ0n) is 13.1. The predicted molar refractivity (Wildman–Crippen MR) is 89.2 cm³/mol. The van der Waals surface area contributed by atoms with E-state index in [2.05, 4.69) is 59.6 Å². The lowest BCUT2D eigenvalue weighted by Gasteiger charge is -2.10. The second-order valence-corrected chi connectivity index (χ2v) is 5.42. The Labute approximate surface area is 127 Å². The van der Waals surface area contributed by atoms with E-state index < -0.39 is 0 Å². The van der Waals surface area contributed by atoms with Crippen molar-refractivity contribution in [2.45, 2.75) is 40.0 Å². The average Bonchev–Trinajstić information content (AvgIpc) is 2.43. The summed E-state index contributed by atoms with van der Waals surface area (Å²) in [6.45, 7) is 7.35. The third-order valence-corrected chi connectivity index (χ3v) is 3.25. The Morgan fingerprint density at radius 2 is 1.62 bits per heavy atom. The van der Waals surface area contributed by atoms with E-state index >= 15 is 0 Å². The fourth-order valence-corrected chi connectivity index (χ4v) is 2.31. The first-order valence-electron chi connectivity index (χ1n) is 7.58. The summed E-state index contributed by atoms with van der Waals surface area (Å²) in [7, 11) is 0. The van der Waals surface area contributed by atoms with Gasteiger partial charge in [-0.25, -0.2) is 9.97 Å². The van der Waals surface area contributed by atoms with Crippen molar-refractivity contribution in [3.63, 3.8) is 0 Å². The summed E-state index contributed by atoms with van der Waals surface area (Å²) in [4.78, 5) is 8.53. The normalized spacial score (nSPS) is 10.4. The number of aromatic nitrogens is 2. The molecule has 2 N–H and O–H groups in total. The number of nitrogens with one attached hydrogen (secondary N) is 2. The number of anilines is 3. The predicted octanol–water partition coefficient (Wildman–Crippen LogP) is 4.44. The zero-order chi connectivity index (χ0) is 15.1. The number of rotatable bonds is 7. The highest BCUT2D eigenvalue weighted by Crippen LogP contribution is 2.19. The molecular weight excluding hydrogens is 260 g/mol. The Bertz CT molecular complexity index is 561. The van der Waals surface area contributed by atoms with Crippen LogP contribution in [0.15, 0.2) is 30.6 Å². The molecule has 0 spiro atoms. The van der Waals surface area contributed by atoms with Crippen molar-refractivity contribution in [1.29, 1.82) is 0 Å². The van der Waals surface area contributed by atoms with E-state index in [1.165, 1.54) is 30.4 Å². The van der Waals surface area contributed by atoms with Gasteiger partial charge in [0.15, 0.2) is 0 Å². The lowest BCUT2D eigenvalue weighted by Crippen LogP contribution is -2.04. The van der Waals surface area contributed by atoms with Gasteiger partial charge in [0.1, 0.15) is 18.0 Å². The van der Waals surface area contributed by atoms with Gasteiger partial charge < -0.3 is 10.6 Å². The van der Waals surface area contributed by atoms with Crippen LogP contribution in [0.3, 0.4) is 0 Å². The van der Waals surface area contributed by atoms with Crippen molar-refractivity contribution >= 4 is 17.3 Å². The highest BCUT2D eigenvalue weighted by atomic mass is 15.1. The van der Waals surface area contributed by atoms with Crippen LogP contribution < -0.4 is 10.6 Å². The first kappa shape index (κ1) is 15.3. The molecule has 0 bridgehead atoms. The molecule has 1 heterocycles. The summed E-state index contributed by atoms with van der Waals surface area (Å²) in [5, 5.41) is 6.67. The van der Waals surface area contributed by atoms with Crippen molar-refractivity contribution < 1.29 is 0 Å². The lowest BCUT2D eigenvalue weighted by molar-refractivity contribution is 0.742. The monoisotopic (exact) mass is 284 g/mol. The first-order chi connectivity index (χ1) is 10.2. The topological polar surface area (TPSA) is 49.8 Å². The van der Waals surface area contributed by atoms with Gasteiger partial charge in [0.05, 0.1) is 0 Å². The summed E-state index contributed by atoms with van der Waals surface area (Å²) in [6, 6.07) is 8.34. The van der Waals surface area contributed by atoms with E-state index in [1.54, 1.807) is 6.33 Å². The molecule has 0 unspecified atom stereocenters. The Hall–Kier alpha value is -2.10. The number of nitrogens with zero attached hydrogens (tertiary/aromatic N) is 2. The minimum atomic E-state index is 0.813. The maximum atomic E-state index is 4.28. The van der Waals surface area contributed by atoms with Gasteiger partial charge in [0.25, 0.3) is 0 Å². The van der Waals surface area contributed by atoms with Crippen LogP contribution in [0.4, 0.5) is 17.3 Å². The lowest BCUT2D eigenvalue weighted by atomic mass is 10.1. The quantitative estimate of drug-likeness (QED) is 0.738. The van der Waals surface area contributed by atoms with E-state index in [1.807, 2.05) is 6.07 Å². The first-order valence-corrected chi connectivity index (χ1v) is 7.58. The average molecular weight is 284 g/mol. The smallest absolute Gasteiger partial charge is 0.135 e. The van der Waals surface area contributed by atoms with E-state index in [-0.39, 0.29) is 0 Å². The molecule has 0 saturated carbocycles. The SMILES string of the molecule is CCCCCNc1cc(Nc2cc(C)cc(C)c2)ncn1. The molecule has 0 atom stereocenters. The number of hydrogen-bond donors (Lipinski definition) is 2. The number of aryl methyl sites for hydroxylation is 2. The second-order valence-electron chi connectivity index (χ2n) is 5.42. The van der Waals surface area contributed by atoms with E-state index in [0.717, 1.165) is 23.9 Å². The van der Waals surface area contributed by atoms with Gasteiger partial charge >= 0.3 is 0 Å². The largest absolute Gasteiger partial charge is 0.370 e. The fraction of sp³-hybridized carbons (Fsp3) is 0.412. The minimum absolute atomic E-state index is 0.813. The molecular formula is C17H24N4. The Morgan fingerprint density at radius 3 is 2.33 bits per heavy atom. The van der Waals surface area contributed by atoms with Crippen LogP contribution in [0.5, 0.6) is 0 Å². The standard InChI is InChI=1S/C17H24N4/c1-4-5-6-7-18-16-11-17(20-12-19-16)21-15-9-13(2)8-14(3)10-15/h8-12H,4-7H2,1-3H3,(H2,18,19,20,21). The molecule has 0 aliphatic carbocycles. The van der Waals surface area contributed by atoms with Gasteiger partial charge in [-0.15, -0.1) is 0 Å². The van der Waals surface area contributed by atoms with Crippen molar-refractivity contribution in [3.8, 4) is 0 Å². The van der Waals surface area contributed by atoms with E-state index in [4.69, 9.17) is 0 Å². The molecule has 1 aromatic heterocycles. The van der Waals surface area contributed by atoms with E-state index in [0.29, 0.717) is 0 Å². The molecule has 0 fully saturated rings.